The van der Waals surface area contributed by atoms with Crippen LogP contribution < -0.4 is 0 Å². The van der Waals surface area contributed by atoms with E-state index in [0.717, 1.165) is 0 Å². The molecule has 15 heavy (non-hydrogen) atoms. The first-order valence-corrected chi connectivity index (χ1v) is 4.64. The number of pyridine rings is 1. The van der Waals surface area contributed by atoms with Crippen LogP contribution in [0.15, 0.2) is 22.9 Å². The van der Waals surface area contributed by atoms with Gasteiger partial charge < -0.3 is 0 Å². The molecule has 6 nitrogen and oxygen atoms in total. The fourth-order valence-electron chi connectivity index (χ4n) is 1.21. The zero-order valence-electron chi connectivity index (χ0n) is 7.22. The highest BCUT2D eigenvalue weighted by molar-refractivity contribution is 9.10. The van der Waals surface area contributed by atoms with E-state index in [-0.39, 0.29) is 11.4 Å². The molecule has 0 saturated carbocycles. The second kappa shape index (κ2) is 3.33. The standard InChI is InChI=1S/C8H3BrN4O2/c9-7-1-5(13(14)15)4-12-6(2-10)3-11-8(7)12/h1,3-4H. The van der Waals surface area contributed by atoms with Crippen LogP contribution in [0.1, 0.15) is 5.69 Å². The van der Waals surface area contributed by atoms with Gasteiger partial charge in [-0.3, -0.25) is 14.5 Å². The molecule has 7 heteroatoms. The average molecular weight is 267 g/mol. The summed E-state index contributed by atoms with van der Waals surface area (Å²) in [7, 11) is 0. The molecular formula is C8H3BrN4O2. The van der Waals surface area contributed by atoms with Gasteiger partial charge >= 0.3 is 0 Å². The van der Waals surface area contributed by atoms with Crippen molar-refractivity contribution in [3.05, 3.63) is 38.7 Å². The van der Waals surface area contributed by atoms with Gasteiger partial charge in [0.15, 0.2) is 5.65 Å². The first kappa shape index (κ1) is 9.61. The summed E-state index contributed by atoms with van der Waals surface area (Å²) in [6.45, 7) is 0. The minimum Gasteiger partial charge on any atom is -0.283 e. The van der Waals surface area contributed by atoms with Crippen molar-refractivity contribution < 1.29 is 4.92 Å². The third kappa shape index (κ3) is 1.45. The van der Waals surface area contributed by atoms with Gasteiger partial charge in [0.05, 0.1) is 21.8 Å². The SMILES string of the molecule is N#Cc1cnc2c(Br)cc([N+](=O)[O-])cn12. The van der Waals surface area contributed by atoms with Crippen molar-refractivity contribution in [2.75, 3.05) is 0 Å². The zero-order valence-corrected chi connectivity index (χ0v) is 8.80. The summed E-state index contributed by atoms with van der Waals surface area (Å²) in [5.41, 5.74) is 0.649. The molecule has 0 amide bonds. The summed E-state index contributed by atoms with van der Waals surface area (Å²) in [4.78, 5) is 14.0. The Hall–Kier alpha value is -1.94. The van der Waals surface area contributed by atoms with E-state index in [1.165, 1.54) is 22.9 Å². The third-order valence-electron chi connectivity index (χ3n) is 1.87. The number of nitrogens with zero attached hydrogens (tertiary/aromatic N) is 4. The lowest BCUT2D eigenvalue weighted by molar-refractivity contribution is -0.385. The molecule has 0 aromatic carbocycles. The van der Waals surface area contributed by atoms with E-state index < -0.39 is 4.92 Å². The predicted molar refractivity (Wildman–Crippen MR) is 54.3 cm³/mol. The van der Waals surface area contributed by atoms with Crippen LogP contribution in [0.5, 0.6) is 0 Å². The summed E-state index contributed by atoms with van der Waals surface area (Å²) in [5.74, 6) is 0. The molecule has 0 bridgehead atoms. The molecule has 2 aromatic rings. The second-order valence-corrected chi connectivity index (χ2v) is 3.61. The molecule has 0 radical (unpaired) electrons. The molecule has 0 spiro atoms. The highest BCUT2D eigenvalue weighted by atomic mass is 79.9. The summed E-state index contributed by atoms with van der Waals surface area (Å²) in [5, 5.41) is 19.3. The van der Waals surface area contributed by atoms with Gasteiger partial charge in [0, 0.05) is 6.07 Å². The minimum absolute atomic E-state index is 0.0936. The average Bonchev–Trinajstić information content (AvgIpc) is 2.60. The number of imidazole rings is 1. The lowest BCUT2D eigenvalue weighted by Gasteiger charge is -1.97. The molecular weight excluding hydrogens is 264 g/mol. The van der Waals surface area contributed by atoms with Crippen LogP contribution in [-0.4, -0.2) is 14.3 Å². The number of rotatable bonds is 1. The first-order valence-electron chi connectivity index (χ1n) is 3.84. The van der Waals surface area contributed by atoms with E-state index in [4.69, 9.17) is 5.26 Å². The predicted octanol–water partition coefficient (Wildman–Crippen LogP) is 1.88. The lowest BCUT2D eigenvalue weighted by atomic mass is 10.4. The van der Waals surface area contributed by atoms with Crippen molar-refractivity contribution in [3.8, 4) is 6.07 Å². The van der Waals surface area contributed by atoms with Crippen LogP contribution in [0, 0.1) is 21.4 Å². The number of fused-ring (bicyclic) bond motifs is 1. The van der Waals surface area contributed by atoms with Gasteiger partial charge in [0.1, 0.15) is 11.8 Å². The molecule has 2 heterocycles. The van der Waals surface area contributed by atoms with Crippen LogP contribution in [0.4, 0.5) is 5.69 Å². The largest absolute Gasteiger partial charge is 0.287 e. The molecule has 0 aliphatic rings. The molecule has 0 N–H and O–H groups in total. The quantitative estimate of drug-likeness (QED) is 0.583. The summed E-state index contributed by atoms with van der Waals surface area (Å²) in [6.07, 6.45) is 2.63. The normalized spacial score (nSPS) is 10.1. The number of nitro groups is 1. The van der Waals surface area contributed by atoms with Gasteiger partial charge in [-0.25, -0.2) is 4.98 Å². The zero-order chi connectivity index (χ0) is 11.0. The van der Waals surface area contributed by atoms with E-state index in [0.29, 0.717) is 10.1 Å². The summed E-state index contributed by atoms with van der Waals surface area (Å²) >= 11 is 3.16. The van der Waals surface area contributed by atoms with Gasteiger partial charge in [0.2, 0.25) is 0 Å². The van der Waals surface area contributed by atoms with Crippen LogP contribution in [-0.2, 0) is 0 Å². The number of halogens is 1. The van der Waals surface area contributed by atoms with Crippen LogP contribution in [0.2, 0.25) is 0 Å². The monoisotopic (exact) mass is 266 g/mol. The van der Waals surface area contributed by atoms with E-state index in [2.05, 4.69) is 20.9 Å². The Bertz CT molecular complexity index is 598. The Balaban J connectivity index is 2.84. The summed E-state index contributed by atoms with van der Waals surface area (Å²) < 4.78 is 1.86. The molecule has 0 unspecified atom stereocenters. The lowest BCUT2D eigenvalue weighted by Crippen LogP contribution is -1.94. The topological polar surface area (TPSA) is 84.2 Å². The molecule has 0 saturated heterocycles. The van der Waals surface area contributed by atoms with Crippen molar-refractivity contribution in [1.82, 2.24) is 9.38 Å². The molecule has 2 aromatic heterocycles. The van der Waals surface area contributed by atoms with Crippen molar-refractivity contribution in [3.63, 3.8) is 0 Å². The Morgan fingerprint density at radius 3 is 3.00 bits per heavy atom. The van der Waals surface area contributed by atoms with Crippen LogP contribution >= 0.6 is 15.9 Å². The van der Waals surface area contributed by atoms with Crippen molar-refractivity contribution in [2.24, 2.45) is 0 Å². The number of aromatic nitrogens is 2. The van der Waals surface area contributed by atoms with E-state index >= 15 is 0 Å². The third-order valence-corrected chi connectivity index (χ3v) is 2.46. The highest BCUT2D eigenvalue weighted by Crippen LogP contribution is 2.23. The number of hydrogen-bond donors (Lipinski definition) is 0. The Morgan fingerprint density at radius 2 is 2.40 bits per heavy atom. The molecule has 0 fully saturated rings. The molecule has 0 atom stereocenters. The van der Waals surface area contributed by atoms with Gasteiger partial charge in [-0.2, -0.15) is 5.26 Å². The van der Waals surface area contributed by atoms with Crippen molar-refractivity contribution >= 4 is 27.3 Å². The van der Waals surface area contributed by atoms with E-state index in [1.807, 2.05) is 6.07 Å². The van der Waals surface area contributed by atoms with Gasteiger partial charge in [-0.1, -0.05) is 0 Å². The molecule has 74 valence electrons. The molecule has 2 rings (SSSR count). The fourth-order valence-corrected chi connectivity index (χ4v) is 1.74. The maximum Gasteiger partial charge on any atom is 0.287 e. The fraction of sp³-hybridized carbons (Fsp3) is 0. The summed E-state index contributed by atoms with van der Waals surface area (Å²) in [6, 6.07) is 3.25. The van der Waals surface area contributed by atoms with Crippen molar-refractivity contribution in [2.45, 2.75) is 0 Å². The second-order valence-electron chi connectivity index (χ2n) is 2.75. The Kier molecular flexibility index (Phi) is 2.13. The van der Waals surface area contributed by atoms with Crippen LogP contribution in [0.25, 0.3) is 5.65 Å². The minimum atomic E-state index is -0.522. The van der Waals surface area contributed by atoms with Gasteiger partial charge in [-0.05, 0) is 15.9 Å². The van der Waals surface area contributed by atoms with Gasteiger partial charge in [-0.15, -0.1) is 0 Å². The Morgan fingerprint density at radius 1 is 1.67 bits per heavy atom. The molecule has 0 aliphatic carbocycles. The van der Waals surface area contributed by atoms with Gasteiger partial charge in [0.25, 0.3) is 5.69 Å². The van der Waals surface area contributed by atoms with Crippen LogP contribution in [0.3, 0.4) is 0 Å². The number of hydrogen-bond acceptors (Lipinski definition) is 4. The maximum atomic E-state index is 10.6. The van der Waals surface area contributed by atoms with E-state index in [9.17, 15) is 10.1 Å². The van der Waals surface area contributed by atoms with Crippen molar-refractivity contribution in [1.29, 1.82) is 5.26 Å². The maximum absolute atomic E-state index is 10.6. The molecule has 0 aliphatic heterocycles. The number of nitriles is 1. The smallest absolute Gasteiger partial charge is 0.283 e. The Labute approximate surface area is 92.0 Å². The first-order chi connectivity index (χ1) is 7.13. The van der Waals surface area contributed by atoms with E-state index in [1.54, 1.807) is 0 Å². The highest BCUT2D eigenvalue weighted by Gasteiger charge is 2.13.